The van der Waals surface area contributed by atoms with Crippen LogP contribution in [0.25, 0.3) is 0 Å². The first-order chi connectivity index (χ1) is 9.89. The van der Waals surface area contributed by atoms with E-state index in [0.717, 1.165) is 12.2 Å². The lowest BCUT2D eigenvalue weighted by atomic mass is 10.0. The third-order valence-corrected chi connectivity index (χ3v) is 4.94. The summed E-state index contributed by atoms with van der Waals surface area (Å²) in [5, 5.41) is 13.9. The van der Waals surface area contributed by atoms with Crippen molar-refractivity contribution in [1.82, 2.24) is 5.32 Å². The first kappa shape index (κ1) is 16.8. The molecule has 2 unspecified atom stereocenters. The number of halogens is 3. The third kappa shape index (κ3) is 4.71. The van der Waals surface area contributed by atoms with Crippen molar-refractivity contribution >= 4 is 23.4 Å². The second-order valence-corrected chi connectivity index (χ2v) is 6.73. The highest BCUT2D eigenvalue weighted by Crippen LogP contribution is 2.31. The fourth-order valence-corrected chi connectivity index (χ4v) is 3.73. The molecule has 2 N–H and O–H groups in total. The maximum absolute atomic E-state index is 12.4. The highest BCUT2D eigenvalue weighted by Gasteiger charge is 2.32. The van der Waals surface area contributed by atoms with Gasteiger partial charge in [0.2, 0.25) is 0 Å². The van der Waals surface area contributed by atoms with E-state index in [0.29, 0.717) is 22.9 Å². The van der Waals surface area contributed by atoms with Gasteiger partial charge in [0.25, 0.3) is 0 Å². The number of benzene rings is 1. The van der Waals surface area contributed by atoms with Crippen LogP contribution in [0.15, 0.2) is 18.2 Å². The highest BCUT2D eigenvalue weighted by molar-refractivity contribution is 7.99. The number of alkyl halides is 2. The molecule has 1 aliphatic rings. The van der Waals surface area contributed by atoms with Gasteiger partial charge >= 0.3 is 6.61 Å². The molecular weight excluding hydrogens is 320 g/mol. The first-order valence-corrected chi connectivity index (χ1v) is 8.21. The zero-order chi connectivity index (χ0) is 15.5. The molecule has 21 heavy (non-hydrogen) atoms. The van der Waals surface area contributed by atoms with Gasteiger partial charge in [0.1, 0.15) is 5.75 Å². The molecule has 0 spiro atoms. The van der Waals surface area contributed by atoms with Crippen molar-refractivity contribution in [3.63, 3.8) is 0 Å². The summed E-state index contributed by atoms with van der Waals surface area (Å²) in [5.74, 6) is 1.72. The lowest BCUT2D eigenvalue weighted by Crippen LogP contribution is -2.41. The van der Waals surface area contributed by atoms with Crippen LogP contribution < -0.4 is 10.1 Å². The molecule has 1 saturated heterocycles. The molecule has 0 saturated carbocycles. The second kappa shape index (κ2) is 7.13. The van der Waals surface area contributed by atoms with E-state index >= 15 is 0 Å². The van der Waals surface area contributed by atoms with E-state index in [1.54, 1.807) is 17.8 Å². The Morgan fingerprint density at radius 3 is 2.90 bits per heavy atom. The molecule has 1 aromatic rings. The van der Waals surface area contributed by atoms with E-state index in [2.05, 4.69) is 10.1 Å². The molecule has 2 rings (SSSR count). The monoisotopic (exact) mass is 337 g/mol. The molecule has 0 bridgehead atoms. The summed E-state index contributed by atoms with van der Waals surface area (Å²) in [6.45, 7) is -0.649. The summed E-state index contributed by atoms with van der Waals surface area (Å²) in [5.41, 5.74) is -0.182. The predicted molar refractivity (Wildman–Crippen MR) is 81.4 cm³/mol. The van der Waals surface area contributed by atoms with Gasteiger partial charge < -0.3 is 15.2 Å². The van der Waals surface area contributed by atoms with Gasteiger partial charge in [-0.3, -0.25) is 0 Å². The minimum atomic E-state index is -2.88. The van der Waals surface area contributed by atoms with Crippen LogP contribution in [-0.4, -0.2) is 35.4 Å². The molecule has 1 aromatic carbocycles. The molecule has 3 nitrogen and oxygen atoms in total. The minimum absolute atomic E-state index is 0.0992. The van der Waals surface area contributed by atoms with E-state index < -0.39 is 12.2 Å². The van der Waals surface area contributed by atoms with Crippen molar-refractivity contribution in [2.45, 2.75) is 31.6 Å². The molecule has 1 aliphatic heterocycles. The molecule has 7 heteroatoms. The van der Waals surface area contributed by atoms with Gasteiger partial charge in [-0.05, 0) is 37.3 Å². The SMILES string of the molecule is CC(NCC1(O)CCSC1)c1cc(Cl)ccc1OC(F)F. The number of ether oxygens (including phenoxy) is 1. The average molecular weight is 338 g/mol. The maximum atomic E-state index is 12.4. The van der Waals surface area contributed by atoms with Crippen LogP contribution in [0.2, 0.25) is 5.02 Å². The normalized spacial score (nSPS) is 23.5. The number of aliphatic hydroxyl groups is 1. The molecular formula is C14H18ClF2NO2S. The van der Waals surface area contributed by atoms with E-state index in [4.69, 9.17) is 11.6 Å². The summed E-state index contributed by atoms with van der Waals surface area (Å²) in [6.07, 6.45) is 0.729. The van der Waals surface area contributed by atoms with Crippen molar-refractivity contribution in [3.05, 3.63) is 28.8 Å². The van der Waals surface area contributed by atoms with Gasteiger partial charge in [-0.25, -0.2) is 0 Å². The highest BCUT2D eigenvalue weighted by atomic mass is 35.5. The number of nitrogens with one attached hydrogen (secondary N) is 1. The summed E-state index contributed by atoms with van der Waals surface area (Å²) >= 11 is 7.64. The molecule has 1 heterocycles. The summed E-state index contributed by atoms with van der Waals surface area (Å²) < 4.78 is 29.4. The lowest BCUT2D eigenvalue weighted by Gasteiger charge is -2.25. The van der Waals surface area contributed by atoms with Crippen LogP contribution in [0.5, 0.6) is 5.75 Å². The Balaban J connectivity index is 2.06. The Bertz CT molecular complexity index is 484. The van der Waals surface area contributed by atoms with E-state index in [9.17, 15) is 13.9 Å². The van der Waals surface area contributed by atoms with Gasteiger partial charge in [0.05, 0.1) is 5.60 Å². The van der Waals surface area contributed by atoms with Crippen molar-refractivity contribution in [2.75, 3.05) is 18.1 Å². The van der Waals surface area contributed by atoms with Gasteiger partial charge in [-0.15, -0.1) is 0 Å². The van der Waals surface area contributed by atoms with E-state index in [1.165, 1.54) is 12.1 Å². The summed E-state index contributed by atoms with van der Waals surface area (Å²) in [6, 6.07) is 4.29. The van der Waals surface area contributed by atoms with Crippen LogP contribution in [-0.2, 0) is 0 Å². The molecule has 0 radical (unpaired) electrons. The Labute approximate surface area is 132 Å². The average Bonchev–Trinajstić information content (AvgIpc) is 2.85. The van der Waals surface area contributed by atoms with Gasteiger partial charge in [0, 0.05) is 28.9 Å². The van der Waals surface area contributed by atoms with E-state index in [1.807, 2.05) is 6.92 Å². The minimum Gasteiger partial charge on any atom is -0.434 e. The lowest BCUT2D eigenvalue weighted by molar-refractivity contribution is -0.0507. The first-order valence-electron chi connectivity index (χ1n) is 6.67. The number of thioether (sulfide) groups is 1. The fourth-order valence-electron chi connectivity index (χ4n) is 2.25. The Morgan fingerprint density at radius 2 is 2.29 bits per heavy atom. The van der Waals surface area contributed by atoms with Crippen LogP contribution in [0.3, 0.4) is 0 Å². The fraction of sp³-hybridized carbons (Fsp3) is 0.571. The molecule has 118 valence electrons. The molecule has 2 atom stereocenters. The maximum Gasteiger partial charge on any atom is 0.387 e. The van der Waals surface area contributed by atoms with Gasteiger partial charge in [0.15, 0.2) is 0 Å². The zero-order valence-corrected chi connectivity index (χ0v) is 13.2. The van der Waals surface area contributed by atoms with Crippen molar-refractivity contribution in [3.8, 4) is 5.75 Å². The van der Waals surface area contributed by atoms with Crippen LogP contribution in [0.4, 0.5) is 8.78 Å². The predicted octanol–water partition coefficient (Wildman–Crippen LogP) is 3.46. The van der Waals surface area contributed by atoms with Crippen molar-refractivity contribution in [2.24, 2.45) is 0 Å². The van der Waals surface area contributed by atoms with Gasteiger partial charge in [-0.2, -0.15) is 20.5 Å². The molecule has 0 aliphatic carbocycles. The van der Waals surface area contributed by atoms with Crippen molar-refractivity contribution < 1.29 is 18.6 Å². The molecule has 0 aromatic heterocycles. The molecule has 1 fully saturated rings. The van der Waals surface area contributed by atoms with Crippen LogP contribution >= 0.6 is 23.4 Å². The number of hydrogen-bond donors (Lipinski definition) is 2. The second-order valence-electron chi connectivity index (χ2n) is 5.19. The van der Waals surface area contributed by atoms with Gasteiger partial charge in [-0.1, -0.05) is 11.6 Å². The third-order valence-electron chi connectivity index (χ3n) is 3.47. The standard InChI is InChI=1S/C14H18ClF2NO2S/c1-9(18-7-14(19)4-5-21-8-14)11-6-10(15)2-3-12(11)20-13(16)17/h2-3,6,9,13,18-19H,4-5,7-8H2,1H3. The summed E-state index contributed by atoms with van der Waals surface area (Å²) in [4.78, 5) is 0. The largest absolute Gasteiger partial charge is 0.434 e. The van der Waals surface area contributed by atoms with Crippen LogP contribution in [0.1, 0.15) is 24.9 Å². The Hall–Kier alpha value is -0.560. The Kier molecular flexibility index (Phi) is 5.71. The molecule has 0 amide bonds. The summed E-state index contributed by atoms with van der Waals surface area (Å²) in [7, 11) is 0. The van der Waals surface area contributed by atoms with Crippen LogP contribution in [0, 0.1) is 0 Å². The number of rotatable bonds is 6. The quantitative estimate of drug-likeness (QED) is 0.834. The smallest absolute Gasteiger partial charge is 0.387 e. The zero-order valence-electron chi connectivity index (χ0n) is 11.6. The topological polar surface area (TPSA) is 41.5 Å². The Morgan fingerprint density at radius 1 is 1.52 bits per heavy atom. The number of hydrogen-bond acceptors (Lipinski definition) is 4. The van der Waals surface area contributed by atoms with E-state index in [-0.39, 0.29) is 11.8 Å². The van der Waals surface area contributed by atoms with Crippen molar-refractivity contribution in [1.29, 1.82) is 0 Å².